The average Bonchev–Trinajstić information content (AvgIpc) is 2.28. The molecule has 0 aromatic carbocycles. The fourth-order valence-corrected chi connectivity index (χ4v) is 2.21. The molecular formula is C15H24O3. The molecule has 0 amide bonds. The van der Waals surface area contributed by atoms with Crippen LogP contribution in [-0.2, 0) is 9.53 Å². The maximum absolute atomic E-state index is 11.6. The van der Waals surface area contributed by atoms with E-state index < -0.39 is 6.10 Å². The number of aliphatic hydroxyl groups is 1. The van der Waals surface area contributed by atoms with Gasteiger partial charge in [0.2, 0.25) is 0 Å². The highest BCUT2D eigenvalue weighted by molar-refractivity contribution is 5.73. The van der Waals surface area contributed by atoms with E-state index in [1.54, 1.807) is 6.92 Å². The van der Waals surface area contributed by atoms with Crippen LogP contribution in [0.2, 0.25) is 0 Å². The number of carbonyl (C=O) groups excluding carboxylic acids is 1. The Morgan fingerprint density at radius 2 is 2.28 bits per heavy atom. The molecule has 0 aliphatic heterocycles. The van der Waals surface area contributed by atoms with E-state index in [2.05, 4.69) is 19.9 Å². The Morgan fingerprint density at radius 1 is 1.56 bits per heavy atom. The van der Waals surface area contributed by atoms with Crippen molar-refractivity contribution >= 4 is 5.97 Å². The summed E-state index contributed by atoms with van der Waals surface area (Å²) in [6, 6.07) is 0. The molecule has 0 heterocycles. The van der Waals surface area contributed by atoms with Crippen molar-refractivity contribution in [2.75, 3.05) is 6.61 Å². The zero-order chi connectivity index (χ0) is 13.5. The number of rotatable bonds is 5. The van der Waals surface area contributed by atoms with Crippen molar-refractivity contribution in [3.8, 4) is 0 Å². The van der Waals surface area contributed by atoms with Gasteiger partial charge >= 0.3 is 5.97 Å². The molecule has 0 saturated carbocycles. The normalized spacial score (nSPS) is 23.2. The van der Waals surface area contributed by atoms with Gasteiger partial charge in [-0.15, -0.1) is 0 Å². The first kappa shape index (κ1) is 15.0. The first-order valence-corrected chi connectivity index (χ1v) is 6.72. The van der Waals surface area contributed by atoms with Gasteiger partial charge in [-0.05, 0) is 46.5 Å². The van der Waals surface area contributed by atoms with Crippen molar-refractivity contribution in [2.45, 2.75) is 52.6 Å². The molecule has 1 N–H and O–H groups in total. The van der Waals surface area contributed by atoms with Gasteiger partial charge < -0.3 is 9.84 Å². The fraction of sp³-hybridized carbons (Fsp3) is 0.667. The van der Waals surface area contributed by atoms with Crippen LogP contribution in [0.4, 0.5) is 0 Å². The minimum Gasteiger partial charge on any atom is -0.466 e. The lowest BCUT2D eigenvalue weighted by Crippen LogP contribution is -2.31. The van der Waals surface area contributed by atoms with Crippen LogP contribution < -0.4 is 0 Å². The number of esters is 1. The van der Waals surface area contributed by atoms with Crippen molar-refractivity contribution in [1.82, 2.24) is 0 Å². The Morgan fingerprint density at radius 3 is 2.83 bits per heavy atom. The third kappa shape index (κ3) is 4.65. The van der Waals surface area contributed by atoms with Gasteiger partial charge in [-0.1, -0.05) is 23.3 Å². The zero-order valence-corrected chi connectivity index (χ0v) is 11.6. The second-order valence-corrected chi connectivity index (χ2v) is 5.03. The van der Waals surface area contributed by atoms with Gasteiger partial charge in [0.05, 0.1) is 18.6 Å². The number of ether oxygens (including phenoxy) is 1. The highest BCUT2D eigenvalue weighted by Crippen LogP contribution is 2.27. The molecule has 1 aliphatic carbocycles. The van der Waals surface area contributed by atoms with E-state index >= 15 is 0 Å². The monoisotopic (exact) mass is 252 g/mol. The molecule has 2 atom stereocenters. The van der Waals surface area contributed by atoms with Crippen LogP contribution in [0.3, 0.4) is 0 Å². The Labute approximate surface area is 110 Å². The first-order chi connectivity index (χ1) is 8.54. The third-order valence-corrected chi connectivity index (χ3v) is 3.20. The molecule has 102 valence electrons. The molecule has 0 saturated heterocycles. The summed E-state index contributed by atoms with van der Waals surface area (Å²) >= 11 is 0. The smallest absolute Gasteiger partial charge is 0.311 e. The first-order valence-electron chi connectivity index (χ1n) is 6.72. The van der Waals surface area contributed by atoms with Crippen molar-refractivity contribution in [3.05, 3.63) is 23.3 Å². The lowest BCUT2D eigenvalue weighted by molar-refractivity contribution is -0.151. The quantitative estimate of drug-likeness (QED) is 0.604. The number of hydrogen-bond acceptors (Lipinski definition) is 3. The van der Waals surface area contributed by atoms with Gasteiger partial charge in [-0.25, -0.2) is 0 Å². The van der Waals surface area contributed by atoms with Crippen molar-refractivity contribution in [3.63, 3.8) is 0 Å². The Kier molecular flexibility index (Phi) is 6.13. The summed E-state index contributed by atoms with van der Waals surface area (Å²) in [6.45, 7) is 6.33. The van der Waals surface area contributed by atoms with Gasteiger partial charge in [-0.2, -0.15) is 0 Å². The van der Waals surface area contributed by atoms with Crippen LogP contribution in [0.5, 0.6) is 0 Å². The van der Waals surface area contributed by atoms with Gasteiger partial charge in [0.15, 0.2) is 0 Å². The van der Waals surface area contributed by atoms with Gasteiger partial charge in [0.1, 0.15) is 0 Å². The molecule has 0 aromatic rings. The standard InChI is InChI=1S/C15H24O3/c1-4-18-15(17)13-9-8-12(10-14(13)16)7-5-6-11(2)3/h6,10,13-14,16H,4-5,7-9H2,1-3H3. The SMILES string of the molecule is CCOC(=O)C1CCC(CCC=C(C)C)=CC1O. The molecule has 3 nitrogen and oxygen atoms in total. The number of carbonyl (C=O) groups is 1. The molecular weight excluding hydrogens is 228 g/mol. The van der Waals surface area contributed by atoms with E-state index in [9.17, 15) is 9.90 Å². The van der Waals surface area contributed by atoms with Crippen LogP contribution in [0.1, 0.15) is 46.5 Å². The number of aliphatic hydroxyl groups excluding tert-OH is 1. The zero-order valence-electron chi connectivity index (χ0n) is 11.6. The molecule has 0 radical (unpaired) electrons. The van der Waals surface area contributed by atoms with Gasteiger partial charge in [0.25, 0.3) is 0 Å². The summed E-state index contributed by atoms with van der Waals surface area (Å²) in [5.74, 6) is -0.651. The van der Waals surface area contributed by atoms with Crippen LogP contribution in [-0.4, -0.2) is 23.8 Å². The molecule has 3 heteroatoms. The fourth-order valence-electron chi connectivity index (χ4n) is 2.21. The Hall–Kier alpha value is -1.09. The lowest BCUT2D eigenvalue weighted by Gasteiger charge is -2.25. The molecule has 1 rings (SSSR count). The van der Waals surface area contributed by atoms with Crippen LogP contribution in [0.15, 0.2) is 23.3 Å². The highest BCUT2D eigenvalue weighted by atomic mass is 16.5. The summed E-state index contributed by atoms with van der Waals surface area (Å²) in [4.78, 5) is 11.6. The average molecular weight is 252 g/mol. The predicted octanol–water partition coefficient (Wildman–Crippen LogP) is 2.99. The number of hydrogen-bond donors (Lipinski definition) is 1. The van der Waals surface area contributed by atoms with Gasteiger partial charge in [0, 0.05) is 0 Å². The summed E-state index contributed by atoms with van der Waals surface area (Å²) in [7, 11) is 0. The largest absolute Gasteiger partial charge is 0.466 e. The topological polar surface area (TPSA) is 46.5 Å². The minimum absolute atomic E-state index is 0.274. The highest BCUT2D eigenvalue weighted by Gasteiger charge is 2.29. The minimum atomic E-state index is -0.681. The van der Waals surface area contributed by atoms with Crippen molar-refractivity contribution in [2.24, 2.45) is 5.92 Å². The summed E-state index contributed by atoms with van der Waals surface area (Å²) in [5, 5.41) is 9.95. The van der Waals surface area contributed by atoms with E-state index in [1.165, 1.54) is 11.1 Å². The molecule has 0 aromatic heterocycles. The maximum atomic E-state index is 11.6. The number of allylic oxidation sites excluding steroid dienone is 3. The third-order valence-electron chi connectivity index (χ3n) is 3.20. The summed E-state index contributed by atoms with van der Waals surface area (Å²) < 4.78 is 4.96. The lowest BCUT2D eigenvalue weighted by atomic mass is 9.85. The second kappa shape index (κ2) is 7.37. The molecule has 2 unspecified atom stereocenters. The van der Waals surface area contributed by atoms with Crippen LogP contribution >= 0.6 is 0 Å². The summed E-state index contributed by atoms with van der Waals surface area (Å²) in [6.07, 6.45) is 6.91. The van der Waals surface area contributed by atoms with Crippen LogP contribution in [0.25, 0.3) is 0 Å². The summed E-state index contributed by atoms with van der Waals surface area (Å²) in [5.41, 5.74) is 2.57. The Bertz CT molecular complexity index is 338. The van der Waals surface area contributed by atoms with E-state index in [4.69, 9.17) is 4.74 Å². The predicted molar refractivity (Wildman–Crippen MR) is 72.1 cm³/mol. The van der Waals surface area contributed by atoms with Gasteiger partial charge in [-0.3, -0.25) is 4.79 Å². The molecule has 0 bridgehead atoms. The van der Waals surface area contributed by atoms with E-state index in [-0.39, 0.29) is 11.9 Å². The maximum Gasteiger partial charge on any atom is 0.311 e. The Balaban J connectivity index is 2.50. The van der Waals surface area contributed by atoms with E-state index in [0.29, 0.717) is 13.0 Å². The van der Waals surface area contributed by atoms with E-state index in [0.717, 1.165) is 19.3 Å². The van der Waals surface area contributed by atoms with Crippen LogP contribution in [0, 0.1) is 5.92 Å². The van der Waals surface area contributed by atoms with Crippen molar-refractivity contribution < 1.29 is 14.6 Å². The molecule has 1 aliphatic rings. The molecule has 18 heavy (non-hydrogen) atoms. The van der Waals surface area contributed by atoms with Crippen molar-refractivity contribution in [1.29, 1.82) is 0 Å². The van der Waals surface area contributed by atoms with E-state index in [1.807, 2.05) is 6.08 Å². The second-order valence-electron chi connectivity index (χ2n) is 5.03. The molecule has 0 fully saturated rings. The molecule has 0 spiro atoms.